The number of unbranched alkanes of at least 4 members (excludes halogenated alkanes) is 13. The summed E-state index contributed by atoms with van der Waals surface area (Å²) in [5.74, 6) is -0.270. The average molecular weight is 432 g/mol. The number of hydrogen-bond donors (Lipinski definition) is 1. The molecule has 1 aromatic rings. The highest BCUT2D eigenvalue weighted by molar-refractivity contribution is 5.78. The van der Waals surface area contributed by atoms with Crippen LogP contribution in [-0.2, 0) is 9.53 Å². The van der Waals surface area contributed by atoms with Gasteiger partial charge in [-0.1, -0.05) is 109 Å². The van der Waals surface area contributed by atoms with Crippen molar-refractivity contribution in [2.75, 3.05) is 18.5 Å². The van der Waals surface area contributed by atoms with Gasteiger partial charge in [-0.2, -0.15) is 0 Å². The molecule has 3 heteroatoms. The highest BCUT2D eigenvalue weighted by Gasteiger charge is 2.19. The molecule has 1 aromatic carbocycles. The summed E-state index contributed by atoms with van der Waals surface area (Å²) in [5.41, 5.74) is 2.18. The summed E-state index contributed by atoms with van der Waals surface area (Å²) in [6.45, 7) is 7.63. The van der Waals surface area contributed by atoms with Gasteiger partial charge in [0.2, 0.25) is 0 Å². The van der Waals surface area contributed by atoms with Crippen LogP contribution in [0, 0.1) is 0 Å². The molecule has 0 aliphatic rings. The van der Waals surface area contributed by atoms with E-state index in [1.165, 1.54) is 89.9 Å². The summed E-state index contributed by atoms with van der Waals surface area (Å²) in [7, 11) is 0. The third-order valence-corrected chi connectivity index (χ3v) is 6.15. The maximum absolute atomic E-state index is 12.1. The molecule has 178 valence electrons. The Bertz CT molecular complexity index is 540. The van der Waals surface area contributed by atoms with Crippen molar-refractivity contribution in [3.05, 3.63) is 29.8 Å². The number of hydrogen-bond acceptors (Lipinski definition) is 3. The number of rotatable bonds is 20. The highest BCUT2D eigenvalue weighted by Crippen LogP contribution is 2.23. The van der Waals surface area contributed by atoms with Crippen molar-refractivity contribution >= 4 is 11.7 Å². The van der Waals surface area contributed by atoms with Gasteiger partial charge in [0, 0.05) is 12.2 Å². The molecule has 0 spiro atoms. The molecule has 0 aromatic heterocycles. The number of carbonyl (C=O) groups is 1. The first-order chi connectivity index (χ1) is 15.2. The second-order valence-electron chi connectivity index (χ2n) is 8.86. The lowest BCUT2D eigenvalue weighted by Gasteiger charge is -2.14. The second kappa shape index (κ2) is 19.2. The van der Waals surface area contributed by atoms with Gasteiger partial charge in [0.1, 0.15) is 0 Å². The van der Waals surface area contributed by atoms with Crippen LogP contribution in [0.4, 0.5) is 5.69 Å². The van der Waals surface area contributed by atoms with Gasteiger partial charge in [0.15, 0.2) is 0 Å². The number of benzene rings is 1. The number of nitrogens with one attached hydrogen (secondary N) is 1. The Balaban J connectivity index is 2.00. The Kier molecular flexibility index (Phi) is 17.0. The van der Waals surface area contributed by atoms with Gasteiger partial charge >= 0.3 is 5.97 Å². The quantitative estimate of drug-likeness (QED) is 0.166. The lowest BCUT2D eigenvalue weighted by Crippen LogP contribution is -2.15. The lowest BCUT2D eigenvalue weighted by atomic mass is 9.96. The molecule has 0 saturated heterocycles. The molecule has 0 aliphatic heterocycles. The third-order valence-electron chi connectivity index (χ3n) is 6.15. The van der Waals surface area contributed by atoms with Crippen molar-refractivity contribution in [3.8, 4) is 0 Å². The van der Waals surface area contributed by atoms with E-state index in [0.29, 0.717) is 6.61 Å². The van der Waals surface area contributed by atoms with Crippen LogP contribution in [0.15, 0.2) is 24.3 Å². The van der Waals surface area contributed by atoms with Crippen LogP contribution in [0.2, 0.25) is 0 Å². The molecular formula is C28H49NO2. The van der Waals surface area contributed by atoms with Gasteiger partial charge in [0.25, 0.3) is 0 Å². The number of ether oxygens (including phenoxy) is 1. The van der Waals surface area contributed by atoms with Gasteiger partial charge in [-0.3, -0.25) is 4.79 Å². The molecule has 0 saturated carbocycles. The van der Waals surface area contributed by atoms with E-state index in [0.717, 1.165) is 24.2 Å². The minimum absolute atomic E-state index is 0.117. The van der Waals surface area contributed by atoms with E-state index in [1.54, 1.807) is 0 Å². The van der Waals surface area contributed by atoms with Crippen LogP contribution in [0.25, 0.3) is 0 Å². The zero-order chi connectivity index (χ0) is 22.6. The number of esters is 1. The summed E-state index contributed by atoms with van der Waals surface area (Å²) >= 11 is 0. The van der Waals surface area contributed by atoms with Crippen LogP contribution < -0.4 is 5.32 Å². The largest absolute Gasteiger partial charge is 0.466 e. The first kappa shape index (κ1) is 27.5. The van der Waals surface area contributed by atoms with Crippen LogP contribution in [0.3, 0.4) is 0 Å². The van der Waals surface area contributed by atoms with Crippen molar-refractivity contribution in [2.24, 2.45) is 0 Å². The van der Waals surface area contributed by atoms with E-state index in [2.05, 4.69) is 36.5 Å². The molecule has 1 N–H and O–H groups in total. The Morgan fingerprint density at radius 1 is 0.742 bits per heavy atom. The zero-order valence-electron chi connectivity index (χ0n) is 20.7. The molecule has 0 bridgehead atoms. The molecule has 0 radical (unpaired) electrons. The van der Waals surface area contributed by atoms with Crippen LogP contribution in [0.1, 0.15) is 129 Å². The van der Waals surface area contributed by atoms with Gasteiger partial charge in [-0.25, -0.2) is 0 Å². The molecule has 1 rings (SSSR count). The van der Waals surface area contributed by atoms with Crippen molar-refractivity contribution in [3.63, 3.8) is 0 Å². The molecule has 0 fully saturated rings. The Labute approximate surface area is 192 Å². The third kappa shape index (κ3) is 13.5. The summed E-state index contributed by atoms with van der Waals surface area (Å²) in [6.07, 6.45) is 20.3. The highest BCUT2D eigenvalue weighted by atomic mass is 16.5. The predicted octanol–water partition coefficient (Wildman–Crippen LogP) is 8.64. The fourth-order valence-corrected chi connectivity index (χ4v) is 4.17. The lowest BCUT2D eigenvalue weighted by molar-refractivity contribution is -0.145. The Hall–Kier alpha value is -1.51. The number of carbonyl (C=O) groups excluding carboxylic acids is 1. The Morgan fingerprint density at radius 3 is 1.68 bits per heavy atom. The normalized spacial score (nSPS) is 12.0. The van der Waals surface area contributed by atoms with E-state index in [-0.39, 0.29) is 11.9 Å². The molecule has 1 unspecified atom stereocenters. The molecule has 0 aliphatic carbocycles. The fourth-order valence-electron chi connectivity index (χ4n) is 4.17. The molecular weight excluding hydrogens is 382 g/mol. The summed E-state index contributed by atoms with van der Waals surface area (Å²) < 4.78 is 5.19. The molecule has 0 heterocycles. The summed E-state index contributed by atoms with van der Waals surface area (Å²) in [5, 5.41) is 3.51. The topological polar surface area (TPSA) is 38.3 Å². The van der Waals surface area contributed by atoms with Gasteiger partial charge in [-0.05, 0) is 37.5 Å². The van der Waals surface area contributed by atoms with E-state index in [1.807, 2.05) is 13.8 Å². The minimum atomic E-state index is -0.153. The maximum atomic E-state index is 12.1. The average Bonchev–Trinajstić information content (AvgIpc) is 2.78. The summed E-state index contributed by atoms with van der Waals surface area (Å²) in [6, 6.07) is 8.28. The minimum Gasteiger partial charge on any atom is -0.466 e. The van der Waals surface area contributed by atoms with Crippen molar-refractivity contribution in [1.82, 2.24) is 0 Å². The first-order valence-electron chi connectivity index (χ1n) is 13.2. The van der Waals surface area contributed by atoms with Gasteiger partial charge < -0.3 is 10.1 Å². The van der Waals surface area contributed by atoms with Gasteiger partial charge in [-0.15, -0.1) is 0 Å². The van der Waals surface area contributed by atoms with E-state index in [4.69, 9.17) is 4.74 Å². The van der Waals surface area contributed by atoms with Crippen molar-refractivity contribution < 1.29 is 9.53 Å². The van der Waals surface area contributed by atoms with Crippen molar-refractivity contribution in [1.29, 1.82) is 0 Å². The SMILES string of the molecule is CCCCCCCCCCCCCCCCNc1ccc(C(CC)C(=O)OCC)cc1. The first-order valence-corrected chi connectivity index (χ1v) is 13.2. The maximum Gasteiger partial charge on any atom is 0.313 e. The smallest absolute Gasteiger partial charge is 0.313 e. The van der Waals surface area contributed by atoms with E-state index >= 15 is 0 Å². The number of anilines is 1. The van der Waals surface area contributed by atoms with Crippen molar-refractivity contribution in [2.45, 2.75) is 123 Å². The monoisotopic (exact) mass is 431 g/mol. The standard InChI is InChI=1S/C28H49NO2/c1-4-7-8-9-10-11-12-13-14-15-16-17-18-19-24-29-26-22-20-25(21-23-26)27(5-2)28(30)31-6-3/h20-23,27,29H,4-19,24H2,1-3H3. The predicted molar refractivity (Wildman–Crippen MR) is 135 cm³/mol. The fraction of sp³-hybridized carbons (Fsp3) is 0.750. The van der Waals surface area contributed by atoms with Gasteiger partial charge in [0.05, 0.1) is 12.5 Å². The molecule has 1 atom stereocenters. The summed E-state index contributed by atoms with van der Waals surface area (Å²) in [4.78, 5) is 12.1. The second-order valence-corrected chi connectivity index (χ2v) is 8.86. The Morgan fingerprint density at radius 2 is 1.23 bits per heavy atom. The van der Waals surface area contributed by atoms with E-state index < -0.39 is 0 Å². The van der Waals surface area contributed by atoms with Crippen LogP contribution in [-0.4, -0.2) is 19.1 Å². The molecule has 0 amide bonds. The molecule has 31 heavy (non-hydrogen) atoms. The van der Waals surface area contributed by atoms with Crippen LogP contribution >= 0.6 is 0 Å². The van der Waals surface area contributed by atoms with E-state index in [9.17, 15) is 4.79 Å². The molecule has 3 nitrogen and oxygen atoms in total. The zero-order valence-corrected chi connectivity index (χ0v) is 20.7. The van der Waals surface area contributed by atoms with Crippen LogP contribution in [0.5, 0.6) is 0 Å².